The molecule has 88 valence electrons. The standard InChI is InChI=1S/C13H25NO/c1-2-10-6-8-11(9-7-10)15-13-5-3-4-12(13)14/h10-13H,2-9,14H2,1H3. The van der Waals surface area contributed by atoms with Crippen LogP contribution in [0.2, 0.25) is 0 Å². The zero-order chi connectivity index (χ0) is 10.7. The normalized spacial score (nSPS) is 42.0. The number of hydrogen-bond donors (Lipinski definition) is 1. The average Bonchev–Trinajstić information content (AvgIpc) is 2.66. The summed E-state index contributed by atoms with van der Waals surface area (Å²) in [6, 6.07) is 0.314. The maximum atomic E-state index is 6.13. The van der Waals surface area contributed by atoms with Crippen LogP contribution in [0.15, 0.2) is 0 Å². The highest BCUT2D eigenvalue weighted by Crippen LogP contribution is 2.31. The van der Waals surface area contributed by atoms with Gasteiger partial charge in [-0.05, 0) is 50.9 Å². The summed E-state index contributed by atoms with van der Waals surface area (Å²) in [7, 11) is 0. The molecule has 2 unspecified atom stereocenters. The lowest BCUT2D eigenvalue weighted by molar-refractivity contribution is -0.0393. The van der Waals surface area contributed by atoms with Gasteiger partial charge in [-0.15, -0.1) is 0 Å². The molecule has 15 heavy (non-hydrogen) atoms. The predicted octanol–water partition coefficient (Wildman–Crippen LogP) is 2.85. The molecule has 2 N–H and O–H groups in total. The average molecular weight is 211 g/mol. The fourth-order valence-corrected chi connectivity index (χ4v) is 3.05. The first-order chi connectivity index (χ1) is 7.29. The Hall–Kier alpha value is -0.0800. The molecule has 2 fully saturated rings. The van der Waals surface area contributed by atoms with E-state index < -0.39 is 0 Å². The van der Waals surface area contributed by atoms with E-state index in [1.54, 1.807) is 0 Å². The summed E-state index contributed by atoms with van der Waals surface area (Å²) in [6.45, 7) is 2.30. The molecule has 2 saturated carbocycles. The van der Waals surface area contributed by atoms with Gasteiger partial charge < -0.3 is 10.5 Å². The summed E-state index contributed by atoms with van der Waals surface area (Å²) >= 11 is 0. The molecule has 0 amide bonds. The van der Waals surface area contributed by atoms with Crippen molar-refractivity contribution in [3.05, 3.63) is 0 Å². The minimum absolute atomic E-state index is 0.314. The predicted molar refractivity (Wildman–Crippen MR) is 62.7 cm³/mol. The van der Waals surface area contributed by atoms with Gasteiger partial charge >= 0.3 is 0 Å². The van der Waals surface area contributed by atoms with E-state index in [9.17, 15) is 0 Å². The van der Waals surface area contributed by atoms with Crippen LogP contribution in [0, 0.1) is 5.92 Å². The molecule has 0 aromatic carbocycles. The first-order valence-corrected chi connectivity index (χ1v) is 6.70. The number of ether oxygens (including phenoxy) is 1. The van der Waals surface area contributed by atoms with Crippen LogP contribution in [0.25, 0.3) is 0 Å². The van der Waals surface area contributed by atoms with Crippen LogP contribution in [-0.4, -0.2) is 18.2 Å². The number of hydrogen-bond acceptors (Lipinski definition) is 2. The fourth-order valence-electron chi connectivity index (χ4n) is 3.05. The SMILES string of the molecule is CCC1CCC(OC2CCCC2N)CC1. The van der Waals surface area contributed by atoms with Gasteiger partial charge in [0.15, 0.2) is 0 Å². The van der Waals surface area contributed by atoms with Crippen molar-refractivity contribution in [3.63, 3.8) is 0 Å². The summed E-state index contributed by atoms with van der Waals surface area (Å²) in [5.41, 5.74) is 6.02. The lowest BCUT2D eigenvalue weighted by Gasteiger charge is -2.31. The lowest BCUT2D eigenvalue weighted by atomic mass is 9.86. The van der Waals surface area contributed by atoms with Crippen molar-refractivity contribution >= 4 is 0 Å². The van der Waals surface area contributed by atoms with E-state index in [2.05, 4.69) is 6.92 Å². The van der Waals surface area contributed by atoms with E-state index in [1.807, 2.05) is 0 Å². The Morgan fingerprint density at radius 2 is 1.80 bits per heavy atom. The van der Waals surface area contributed by atoms with Crippen molar-refractivity contribution in [2.24, 2.45) is 11.7 Å². The molecule has 2 nitrogen and oxygen atoms in total. The highest BCUT2D eigenvalue weighted by atomic mass is 16.5. The van der Waals surface area contributed by atoms with E-state index in [0.717, 1.165) is 12.3 Å². The monoisotopic (exact) mass is 211 g/mol. The minimum atomic E-state index is 0.314. The van der Waals surface area contributed by atoms with Crippen molar-refractivity contribution in [2.75, 3.05) is 0 Å². The van der Waals surface area contributed by atoms with Gasteiger partial charge in [-0.1, -0.05) is 13.3 Å². The van der Waals surface area contributed by atoms with Crippen LogP contribution in [-0.2, 0) is 4.74 Å². The quantitative estimate of drug-likeness (QED) is 0.779. The second-order valence-corrected chi connectivity index (χ2v) is 5.32. The lowest BCUT2D eigenvalue weighted by Crippen LogP contribution is -2.35. The Bertz CT molecular complexity index is 187. The van der Waals surface area contributed by atoms with E-state index in [4.69, 9.17) is 10.5 Å². The summed E-state index contributed by atoms with van der Waals surface area (Å²) in [6.07, 6.45) is 11.1. The van der Waals surface area contributed by atoms with Crippen LogP contribution >= 0.6 is 0 Å². The first-order valence-electron chi connectivity index (χ1n) is 6.70. The number of nitrogens with two attached hydrogens (primary N) is 1. The first kappa shape index (κ1) is 11.4. The molecule has 2 rings (SSSR count). The Labute approximate surface area is 93.6 Å². The van der Waals surface area contributed by atoms with Crippen molar-refractivity contribution in [1.82, 2.24) is 0 Å². The van der Waals surface area contributed by atoms with Crippen LogP contribution in [0.4, 0.5) is 0 Å². The van der Waals surface area contributed by atoms with Crippen molar-refractivity contribution in [3.8, 4) is 0 Å². The van der Waals surface area contributed by atoms with Gasteiger partial charge in [0.05, 0.1) is 12.2 Å². The zero-order valence-electron chi connectivity index (χ0n) is 9.95. The Kier molecular flexibility index (Phi) is 4.04. The Morgan fingerprint density at radius 1 is 1.07 bits per heavy atom. The maximum absolute atomic E-state index is 6.13. The molecule has 2 atom stereocenters. The molecule has 0 radical (unpaired) electrons. The highest BCUT2D eigenvalue weighted by molar-refractivity contribution is 4.83. The molecule has 0 aromatic rings. The van der Waals surface area contributed by atoms with Crippen molar-refractivity contribution < 1.29 is 4.74 Å². The Balaban J connectivity index is 1.72. The second-order valence-electron chi connectivity index (χ2n) is 5.32. The zero-order valence-corrected chi connectivity index (χ0v) is 9.95. The summed E-state index contributed by atoms with van der Waals surface area (Å²) in [4.78, 5) is 0. The van der Waals surface area contributed by atoms with Gasteiger partial charge in [0, 0.05) is 6.04 Å². The van der Waals surface area contributed by atoms with Gasteiger partial charge in [-0.2, -0.15) is 0 Å². The van der Waals surface area contributed by atoms with E-state index in [-0.39, 0.29) is 0 Å². The highest BCUT2D eigenvalue weighted by Gasteiger charge is 2.29. The minimum Gasteiger partial charge on any atom is -0.373 e. The molecule has 2 aliphatic carbocycles. The van der Waals surface area contributed by atoms with E-state index in [1.165, 1.54) is 44.9 Å². The molecule has 0 bridgehead atoms. The van der Waals surface area contributed by atoms with E-state index in [0.29, 0.717) is 18.2 Å². The van der Waals surface area contributed by atoms with Crippen molar-refractivity contribution in [2.45, 2.75) is 76.5 Å². The summed E-state index contributed by atoms with van der Waals surface area (Å²) in [5, 5.41) is 0. The summed E-state index contributed by atoms with van der Waals surface area (Å²) in [5.74, 6) is 0.960. The second kappa shape index (κ2) is 5.31. The summed E-state index contributed by atoms with van der Waals surface area (Å²) < 4.78 is 6.13. The largest absolute Gasteiger partial charge is 0.373 e. The molecule has 0 aliphatic heterocycles. The third-order valence-electron chi connectivity index (χ3n) is 4.24. The van der Waals surface area contributed by atoms with Gasteiger partial charge in [0.25, 0.3) is 0 Å². The molecule has 0 spiro atoms. The topological polar surface area (TPSA) is 35.2 Å². The maximum Gasteiger partial charge on any atom is 0.0729 e. The van der Waals surface area contributed by atoms with Crippen LogP contribution < -0.4 is 5.73 Å². The van der Waals surface area contributed by atoms with Gasteiger partial charge in [-0.25, -0.2) is 0 Å². The van der Waals surface area contributed by atoms with Gasteiger partial charge in [0.2, 0.25) is 0 Å². The molecule has 0 aromatic heterocycles. The van der Waals surface area contributed by atoms with Gasteiger partial charge in [0.1, 0.15) is 0 Å². The molecular weight excluding hydrogens is 186 g/mol. The molecule has 2 aliphatic rings. The fraction of sp³-hybridized carbons (Fsp3) is 1.00. The molecule has 2 heteroatoms. The third-order valence-corrected chi connectivity index (χ3v) is 4.24. The van der Waals surface area contributed by atoms with Crippen LogP contribution in [0.1, 0.15) is 58.3 Å². The van der Waals surface area contributed by atoms with Crippen LogP contribution in [0.5, 0.6) is 0 Å². The van der Waals surface area contributed by atoms with Gasteiger partial charge in [-0.3, -0.25) is 0 Å². The molecular formula is C13H25NO. The Morgan fingerprint density at radius 3 is 2.33 bits per heavy atom. The van der Waals surface area contributed by atoms with Crippen LogP contribution in [0.3, 0.4) is 0 Å². The molecule has 0 heterocycles. The van der Waals surface area contributed by atoms with E-state index >= 15 is 0 Å². The molecule has 0 saturated heterocycles. The van der Waals surface area contributed by atoms with Crippen molar-refractivity contribution in [1.29, 1.82) is 0 Å². The third kappa shape index (κ3) is 2.94. The smallest absolute Gasteiger partial charge is 0.0729 e. The number of rotatable bonds is 3.